The fraction of sp³-hybridized carbons (Fsp3) is 0.500. The van der Waals surface area contributed by atoms with Crippen molar-refractivity contribution in [3.05, 3.63) is 34.6 Å². The largest absolute Gasteiger partial charge is 0.480 e. The predicted molar refractivity (Wildman–Crippen MR) is 71.8 cm³/mol. The van der Waals surface area contributed by atoms with Crippen LogP contribution in [0.15, 0.2) is 18.2 Å². The van der Waals surface area contributed by atoms with Crippen LogP contribution in [0, 0.1) is 5.82 Å². The molecular formula is C14H17ClFNO2. The molecule has 1 aliphatic heterocycles. The molecule has 104 valence electrons. The van der Waals surface area contributed by atoms with E-state index in [1.54, 1.807) is 0 Å². The molecule has 1 aromatic carbocycles. The molecule has 0 aromatic heterocycles. The number of aliphatic carboxylic acids is 1. The lowest BCUT2D eigenvalue weighted by molar-refractivity contribution is -0.143. The van der Waals surface area contributed by atoms with Crippen molar-refractivity contribution < 1.29 is 14.3 Å². The minimum atomic E-state index is -0.935. The normalized spacial score (nSPS) is 18.8. The van der Waals surface area contributed by atoms with Gasteiger partial charge in [0.05, 0.1) is 0 Å². The third-order valence-corrected chi connectivity index (χ3v) is 3.82. The van der Waals surface area contributed by atoms with Gasteiger partial charge in [0.25, 0.3) is 0 Å². The van der Waals surface area contributed by atoms with Crippen LogP contribution in [0.3, 0.4) is 0 Å². The fourth-order valence-corrected chi connectivity index (χ4v) is 2.83. The van der Waals surface area contributed by atoms with Crippen molar-refractivity contribution in [1.82, 2.24) is 4.90 Å². The van der Waals surface area contributed by atoms with E-state index in [0.717, 1.165) is 38.8 Å². The van der Waals surface area contributed by atoms with E-state index in [1.807, 2.05) is 4.90 Å². The molecular weight excluding hydrogens is 269 g/mol. The van der Waals surface area contributed by atoms with Crippen LogP contribution in [0.4, 0.5) is 4.39 Å². The standard InChI is InChI=1S/C14H17ClFNO2/c15-12-9-10(16)5-6-11(12)13(14(18)19)17-7-3-1-2-4-8-17/h5-6,9,13H,1-4,7-8H2,(H,18,19). The average Bonchev–Trinajstić information content (AvgIpc) is 2.61. The SMILES string of the molecule is O=C(O)C(c1ccc(F)cc1Cl)N1CCCCCC1. The Bertz CT molecular complexity index is 459. The number of hydrogen-bond acceptors (Lipinski definition) is 2. The summed E-state index contributed by atoms with van der Waals surface area (Å²) in [6, 6.07) is 3.12. The molecule has 19 heavy (non-hydrogen) atoms. The molecule has 0 saturated carbocycles. The Morgan fingerprint density at radius 1 is 1.26 bits per heavy atom. The highest BCUT2D eigenvalue weighted by atomic mass is 35.5. The maximum atomic E-state index is 13.1. The van der Waals surface area contributed by atoms with Crippen LogP contribution in [0.1, 0.15) is 37.3 Å². The summed E-state index contributed by atoms with van der Waals surface area (Å²) in [5.74, 6) is -1.39. The van der Waals surface area contributed by atoms with Crippen LogP contribution in [-0.4, -0.2) is 29.1 Å². The van der Waals surface area contributed by atoms with Gasteiger partial charge in [-0.25, -0.2) is 4.39 Å². The van der Waals surface area contributed by atoms with Gasteiger partial charge in [-0.2, -0.15) is 0 Å². The van der Waals surface area contributed by atoms with Crippen LogP contribution in [0.2, 0.25) is 5.02 Å². The first kappa shape index (κ1) is 14.3. The van der Waals surface area contributed by atoms with Gasteiger partial charge >= 0.3 is 5.97 Å². The van der Waals surface area contributed by atoms with Crippen LogP contribution in [-0.2, 0) is 4.79 Å². The molecule has 1 aromatic rings. The second-order valence-corrected chi connectivity index (χ2v) is 5.26. The number of carboxylic acid groups (broad SMARTS) is 1. The zero-order valence-electron chi connectivity index (χ0n) is 10.6. The number of carboxylic acids is 1. The molecule has 1 unspecified atom stereocenters. The highest BCUT2D eigenvalue weighted by molar-refractivity contribution is 6.31. The summed E-state index contributed by atoms with van der Waals surface area (Å²) >= 11 is 6.00. The summed E-state index contributed by atoms with van der Waals surface area (Å²) < 4.78 is 13.1. The minimum absolute atomic E-state index is 0.177. The summed E-state index contributed by atoms with van der Waals surface area (Å²) in [6.45, 7) is 1.48. The lowest BCUT2D eigenvalue weighted by Crippen LogP contribution is -2.35. The summed E-state index contributed by atoms with van der Waals surface area (Å²) in [4.78, 5) is 13.5. The Morgan fingerprint density at radius 3 is 2.42 bits per heavy atom. The monoisotopic (exact) mass is 285 g/mol. The molecule has 0 radical (unpaired) electrons. The fourth-order valence-electron chi connectivity index (χ4n) is 2.56. The van der Waals surface area contributed by atoms with E-state index in [-0.39, 0.29) is 5.02 Å². The molecule has 1 aliphatic rings. The Labute approximate surface area is 117 Å². The maximum Gasteiger partial charge on any atom is 0.325 e. The zero-order chi connectivity index (χ0) is 13.8. The quantitative estimate of drug-likeness (QED) is 0.924. The second-order valence-electron chi connectivity index (χ2n) is 4.86. The van der Waals surface area contributed by atoms with Gasteiger partial charge in [-0.05, 0) is 43.6 Å². The Morgan fingerprint density at radius 2 is 1.89 bits per heavy atom. The Kier molecular flexibility index (Phi) is 4.77. The maximum absolute atomic E-state index is 13.1. The number of rotatable bonds is 3. The smallest absolute Gasteiger partial charge is 0.325 e. The predicted octanol–water partition coefficient (Wildman–Crippen LogP) is 3.48. The van der Waals surface area contributed by atoms with E-state index < -0.39 is 17.8 Å². The van der Waals surface area contributed by atoms with Gasteiger partial charge < -0.3 is 5.11 Å². The van der Waals surface area contributed by atoms with Crippen LogP contribution in [0.5, 0.6) is 0 Å². The van der Waals surface area contributed by atoms with Gasteiger partial charge in [0.1, 0.15) is 11.9 Å². The molecule has 0 spiro atoms. The third-order valence-electron chi connectivity index (χ3n) is 3.50. The van der Waals surface area contributed by atoms with Crippen molar-refractivity contribution >= 4 is 17.6 Å². The van der Waals surface area contributed by atoms with Gasteiger partial charge in [0, 0.05) is 5.02 Å². The van der Waals surface area contributed by atoms with Crippen LogP contribution in [0.25, 0.3) is 0 Å². The minimum Gasteiger partial charge on any atom is -0.480 e. The average molecular weight is 286 g/mol. The summed E-state index contributed by atoms with van der Waals surface area (Å²) in [6.07, 6.45) is 4.23. The number of carbonyl (C=O) groups is 1. The van der Waals surface area contributed by atoms with Crippen molar-refractivity contribution in [2.75, 3.05) is 13.1 Å². The second kappa shape index (κ2) is 6.35. The van der Waals surface area contributed by atoms with E-state index in [4.69, 9.17) is 11.6 Å². The van der Waals surface area contributed by atoms with Gasteiger partial charge in [-0.1, -0.05) is 30.5 Å². The summed E-state index contributed by atoms with van der Waals surface area (Å²) in [5.41, 5.74) is 0.470. The molecule has 3 nitrogen and oxygen atoms in total. The first-order valence-electron chi connectivity index (χ1n) is 6.51. The molecule has 1 N–H and O–H groups in total. The number of likely N-dealkylation sites (tertiary alicyclic amines) is 1. The molecule has 0 amide bonds. The van der Waals surface area contributed by atoms with Crippen molar-refractivity contribution in [3.63, 3.8) is 0 Å². The van der Waals surface area contributed by atoms with E-state index in [1.165, 1.54) is 18.2 Å². The highest BCUT2D eigenvalue weighted by Crippen LogP contribution is 2.30. The summed E-state index contributed by atoms with van der Waals surface area (Å²) in [7, 11) is 0. The first-order valence-corrected chi connectivity index (χ1v) is 6.89. The third kappa shape index (κ3) is 3.45. The number of nitrogens with zero attached hydrogens (tertiary/aromatic N) is 1. The van der Waals surface area contributed by atoms with Crippen molar-refractivity contribution in [1.29, 1.82) is 0 Å². The van der Waals surface area contributed by atoms with E-state index in [0.29, 0.717) is 5.56 Å². The van der Waals surface area contributed by atoms with Crippen LogP contribution >= 0.6 is 11.6 Å². The first-order chi connectivity index (χ1) is 9.09. The topological polar surface area (TPSA) is 40.5 Å². The summed E-state index contributed by atoms with van der Waals surface area (Å²) in [5, 5.41) is 9.65. The van der Waals surface area contributed by atoms with E-state index in [9.17, 15) is 14.3 Å². The van der Waals surface area contributed by atoms with E-state index >= 15 is 0 Å². The Balaban J connectivity index is 2.30. The molecule has 1 atom stereocenters. The molecule has 1 saturated heterocycles. The highest BCUT2D eigenvalue weighted by Gasteiger charge is 2.29. The van der Waals surface area contributed by atoms with Crippen LogP contribution < -0.4 is 0 Å². The molecule has 1 fully saturated rings. The van der Waals surface area contributed by atoms with Gasteiger partial charge in [0.15, 0.2) is 0 Å². The zero-order valence-corrected chi connectivity index (χ0v) is 11.4. The lowest BCUT2D eigenvalue weighted by atomic mass is 10.0. The Hall–Kier alpha value is -1.13. The molecule has 1 heterocycles. The molecule has 5 heteroatoms. The number of halogens is 2. The van der Waals surface area contributed by atoms with Crippen molar-refractivity contribution in [2.24, 2.45) is 0 Å². The molecule has 2 rings (SSSR count). The van der Waals surface area contributed by atoms with Crippen molar-refractivity contribution in [3.8, 4) is 0 Å². The lowest BCUT2D eigenvalue weighted by Gasteiger charge is -2.28. The number of benzene rings is 1. The van der Waals surface area contributed by atoms with Crippen molar-refractivity contribution in [2.45, 2.75) is 31.7 Å². The molecule has 0 aliphatic carbocycles. The van der Waals surface area contributed by atoms with Gasteiger partial charge in [-0.15, -0.1) is 0 Å². The molecule has 0 bridgehead atoms. The van der Waals surface area contributed by atoms with E-state index in [2.05, 4.69) is 0 Å². The van der Waals surface area contributed by atoms with Gasteiger partial charge in [-0.3, -0.25) is 9.69 Å². The van der Waals surface area contributed by atoms with Gasteiger partial charge in [0.2, 0.25) is 0 Å². The number of hydrogen-bond donors (Lipinski definition) is 1.